The standard InChI is InChI=1S/C11H8F3NO2/c12-11(13,14)10(17)9(15-7-16)6-8-4-2-1-3-5-8/h1-5,9H,6H2. The van der Waals surface area contributed by atoms with Crippen molar-refractivity contribution in [1.29, 1.82) is 0 Å². The number of hydrogen-bond acceptors (Lipinski definition) is 3. The number of benzene rings is 1. The Morgan fingerprint density at radius 2 is 1.88 bits per heavy atom. The number of Topliss-reactive ketones (excluding diaryl/α,β-unsaturated/α-hetero) is 1. The van der Waals surface area contributed by atoms with E-state index in [9.17, 15) is 22.8 Å². The third-order valence-corrected chi connectivity index (χ3v) is 2.06. The molecule has 0 aliphatic rings. The average Bonchev–Trinajstić information content (AvgIpc) is 2.28. The quantitative estimate of drug-likeness (QED) is 0.600. The number of ketones is 1. The van der Waals surface area contributed by atoms with Gasteiger partial charge in [-0.05, 0) is 5.56 Å². The molecule has 0 heterocycles. The fraction of sp³-hybridized carbons (Fsp3) is 0.273. The minimum absolute atomic E-state index is 0.269. The van der Waals surface area contributed by atoms with Gasteiger partial charge in [-0.2, -0.15) is 18.2 Å². The van der Waals surface area contributed by atoms with Gasteiger partial charge in [-0.3, -0.25) is 4.79 Å². The first-order valence-corrected chi connectivity index (χ1v) is 4.67. The first-order chi connectivity index (χ1) is 7.95. The van der Waals surface area contributed by atoms with E-state index in [2.05, 4.69) is 4.99 Å². The zero-order valence-corrected chi connectivity index (χ0v) is 8.57. The Kier molecular flexibility index (Phi) is 4.17. The van der Waals surface area contributed by atoms with E-state index in [1.54, 1.807) is 30.3 Å². The maximum Gasteiger partial charge on any atom is 0.452 e. The van der Waals surface area contributed by atoms with Crippen molar-refractivity contribution < 1.29 is 22.8 Å². The molecule has 0 aliphatic carbocycles. The van der Waals surface area contributed by atoms with Crippen LogP contribution in [0.25, 0.3) is 0 Å². The van der Waals surface area contributed by atoms with E-state index in [0.29, 0.717) is 5.56 Å². The first-order valence-electron chi connectivity index (χ1n) is 4.67. The van der Waals surface area contributed by atoms with Gasteiger partial charge in [0.25, 0.3) is 5.78 Å². The van der Waals surface area contributed by atoms with Gasteiger partial charge in [0.15, 0.2) is 0 Å². The second kappa shape index (κ2) is 5.41. The maximum atomic E-state index is 12.2. The number of alkyl halides is 3. The van der Waals surface area contributed by atoms with Gasteiger partial charge in [-0.25, -0.2) is 4.79 Å². The number of carbonyl (C=O) groups excluding carboxylic acids is 2. The summed E-state index contributed by atoms with van der Waals surface area (Å²) < 4.78 is 36.6. The maximum absolute atomic E-state index is 12.2. The number of carbonyl (C=O) groups is 1. The summed E-state index contributed by atoms with van der Waals surface area (Å²) in [7, 11) is 0. The number of isocyanates is 1. The molecule has 1 unspecified atom stereocenters. The van der Waals surface area contributed by atoms with Gasteiger partial charge in [0.1, 0.15) is 6.04 Å². The van der Waals surface area contributed by atoms with Crippen molar-refractivity contribution in [2.75, 3.05) is 0 Å². The lowest BCUT2D eigenvalue weighted by Crippen LogP contribution is -2.34. The van der Waals surface area contributed by atoms with Crippen molar-refractivity contribution in [2.45, 2.75) is 18.6 Å². The Morgan fingerprint density at radius 3 is 2.35 bits per heavy atom. The van der Waals surface area contributed by atoms with E-state index in [-0.39, 0.29) is 6.42 Å². The number of rotatable bonds is 4. The summed E-state index contributed by atoms with van der Waals surface area (Å²) in [5.74, 6) is -2.04. The van der Waals surface area contributed by atoms with Crippen LogP contribution >= 0.6 is 0 Å². The molecular formula is C11H8F3NO2. The molecule has 0 bridgehead atoms. The summed E-state index contributed by atoms with van der Waals surface area (Å²) in [6, 6.07) is 6.28. The third kappa shape index (κ3) is 3.85. The summed E-state index contributed by atoms with van der Waals surface area (Å²) in [6.07, 6.45) is -4.27. The summed E-state index contributed by atoms with van der Waals surface area (Å²) in [6.45, 7) is 0. The molecule has 0 amide bonds. The van der Waals surface area contributed by atoms with Gasteiger partial charge >= 0.3 is 6.18 Å². The Morgan fingerprint density at radius 1 is 1.29 bits per heavy atom. The minimum atomic E-state index is -5.00. The highest BCUT2D eigenvalue weighted by Gasteiger charge is 2.43. The van der Waals surface area contributed by atoms with Crippen LogP contribution in [0.4, 0.5) is 13.2 Å². The van der Waals surface area contributed by atoms with E-state index in [1.165, 1.54) is 0 Å². The van der Waals surface area contributed by atoms with E-state index < -0.39 is 18.0 Å². The van der Waals surface area contributed by atoms with Crippen LogP contribution < -0.4 is 0 Å². The van der Waals surface area contributed by atoms with Crippen molar-refractivity contribution in [3.63, 3.8) is 0 Å². The molecule has 90 valence electrons. The molecule has 17 heavy (non-hydrogen) atoms. The van der Waals surface area contributed by atoms with E-state index in [1.807, 2.05) is 0 Å². The Bertz CT molecular complexity index is 436. The molecule has 0 spiro atoms. The van der Waals surface area contributed by atoms with Gasteiger partial charge in [-0.15, -0.1) is 0 Å². The van der Waals surface area contributed by atoms with E-state index in [4.69, 9.17) is 0 Å². The molecule has 0 saturated carbocycles. The van der Waals surface area contributed by atoms with E-state index in [0.717, 1.165) is 6.08 Å². The Hall–Kier alpha value is -1.94. The molecular weight excluding hydrogens is 235 g/mol. The molecule has 1 aromatic carbocycles. The number of halogens is 3. The number of aliphatic imine (C=N–C) groups is 1. The molecule has 1 rings (SSSR count). The zero-order valence-electron chi connectivity index (χ0n) is 8.57. The molecule has 0 N–H and O–H groups in total. The fourth-order valence-electron chi connectivity index (χ4n) is 1.29. The number of hydrogen-bond donors (Lipinski definition) is 0. The second-order valence-corrected chi connectivity index (χ2v) is 3.29. The second-order valence-electron chi connectivity index (χ2n) is 3.29. The van der Waals surface area contributed by atoms with Gasteiger partial charge in [0.05, 0.1) is 0 Å². The lowest BCUT2D eigenvalue weighted by atomic mass is 10.0. The predicted molar refractivity (Wildman–Crippen MR) is 53.1 cm³/mol. The largest absolute Gasteiger partial charge is 0.452 e. The summed E-state index contributed by atoms with van der Waals surface area (Å²) in [5, 5.41) is 0. The van der Waals surface area contributed by atoms with Crippen molar-refractivity contribution in [2.24, 2.45) is 4.99 Å². The van der Waals surface area contributed by atoms with Crippen molar-refractivity contribution in [1.82, 2.24) is 0 Å². The van der Waals surface area contributed by atoms with Crippen LogP contribution in [-0.2, 0) is 16.0 Å². The third-order valence-electron chi connectivity index (χ3n) is 2.06. The van der Waals surface area contributed by atoms with Crippen LogP contribution in [0, 0.1) is 0 Å². The highest BCUT2D eigenvalue weighted by atomic mass is 19.4. The van der Waals surface area contributed by atoms with Gasteiger partial charge in [0.2, 0.25) is 6.08 Å². The minimum Gasteiger partial charge on any atom is -0.287 e. The topological polar surface area (TPSA) is 46.5 Å². The highest BCUT2D eigenvalue weighted by Crippen LogP contribution is 2.21. The van der Waals surface area contributed by atoms with Crippen LogP contribution in [0.15, 0.2) is 35.3 Å². The SMILES string of the molecule is O=C=NC(Cc1ccccc1)C(=O)C(F)(F)F. The molecule has 0 fully saturated rings. The molecule has 6 heteroatoms. The zero-order chi connectivity index (χ0) is 12.9. The molecule has 0 radical (unpaired) electrons. The van der Waals surface area contributed by atoms with Crippen molar-refractivity contribution >= 4 is 11.9 Å². The lowest BCUT2D eigenvalue weighted by molar-refractivity contribution is -0.172. The van der Waals surface area contributed by atoms with Crippen LogP contribution in [0.2, 0.25) is 0 Å². The number of nitrogens with zero attached hydrogens (tertiary/aromatic N) is 1. The molecule has 0 aliphatic heterocycles. The van der Waals surface area contributed by atoms with Crippen LogP contribution in [0.3, 0.4) is 0 Å². The Balaban J connectivity index is 2.88. The molecule has 1 aromatic rings. The highest BCUT2D eigenvalue weighted by molar-refractivity contribution is 5.90. The van der Waals surface area contributed by atoms with E-state index >= 15 is 0 Å². The summed E-state index contributed by atoms with van der Waals surface area (Å²) in [4.78, 5) is 23.9. The molecule has 3 nitrogen and oxygen atoms in total. The van der Waals surface area contributed by atoms with Crippen LogP contribution in [0.1, 0.15) is 5.56 Å². The summed E-state index contributed by atoms with van der Waals surface area (Å²) >= 11 is 0. The first kappa shape index (κ1) is 13.1. The molecule has 1 atom stereocenters. The van der Waals surface area contributed by atoms with Gasteiger partial charge in [-0.1, -0.05) is 30.3 Å². The smallest absolute Gasteiger partial charge is 0.287 e. The molecule has 0 saturated heterocycles. The van der Waals surface area contributed by atoms with Gasteiger partial charge < -0.3 is 0 Å². The van der Waals surface area contributed by atoms with Gasteiger partial charge in [0, 0.05) is 6.42 Å². The lowest BCUT2D eigenvalue weighted by Gasteiger charge is -2.11. The predicted octanol–water partition coefficient (Wildman–Crippen LogP) is 2.06. The normalized spacial score (nSPS) is 12.6. The molecule has 0 aromatic heterocycles. The monoisotopic (exact) mass is 243 g/mol. The van der Waals surface area contributed by atoms with Crippen LogP contribution in [0.5, 0.6) is 0 Å². The van der Waals surface area contributed by atoms with Crippen LogP contribution in [-0.4, -0.2) is 24.1 Å². The average molecular weight is 243 g/mol. The summed E-state index contributed by atoms with van der Waals surface area (Å²) in [5.41, 5.74) is 0.495. The fourth-order valence-corrected chi connectivity index (χ4v) is 1.29. The van der Waals surface area contributed by atoms with Crippen molar-refractivity contribution in [3.05, 3.63) is 35.9 Å². The van der Waals surface area contributed by atoms with Crippen molar-refractivity contribution in [3.8, 4) is 0 Å². The Labute approximate surface area is 95.0 Å².